The first kappa shape index (κ1) is 16.9. The molecule has 0 aliphatic carbocycles. The standard InChI is InChI=1S/C15H16F3N3O2/c1-3-7-23-13-12(15(16,17)18)9-19-14(21-13)20-10-5-4-6-11(8-10)22-2/h4-6,8-9H,3,7H2,1-2H3,(H,19,20,21). The van der Waals surface area contributed by atoms with Crippen molar-refractivity contribution < 1.29 is 22.6 Å². The van der Waals surface area contributed by atoms with Crippen LogP contribution < -0.4 is 14.8 Å². The van der Waals surface area contributed by atoms with Crippen LogP contribution in [0.4, 0.5) is 24.8 Å². The highest BCUT2D eigenvalue weighted by Gasteiger charge is 2.36. The third-order valence-electron chi connectivity index (χ3n) is 2.83. The van der Waals surface area contributed by atoms with Crippen LogP contribution in [0.1, 0.15) is 18.9 Å². The predicted molar refractivity (Wildman–Crippen MR) is 79.1 cm³/mol. The van der Waals surface area contributed by atoms with Crippen molar-refractivity contribution in [2.45, 2.75) is 19.5 Å². The van der Waals surface area contributed by atoms with Gasteiger partial charge in [-0.2, -0.15) is 18.2 Å². The summed E-state index contributed by atoms with van der Waals surface area (Å²) < 4.78 is 49.0. The van der Waals surface area contributed by atoms with Gasteiger partial charge in [-0.05, 0) is 18.6 Å². The van der Waals surface area contributed by atoms with E-state index in [9.17, 15) is 13.2 Å². The number of ether oxygens (including phenoxy) is 2. The second-order valence-corrected chi connectivity index (χ2v) is 4.62. The Hall–Kier alpha value is -2.51. The molecule has 2 rings (SSSR count). The minimum atomic E-state index is -4.57. The summed E-state index contributed by atoms with van der Waals surface area (Å²) in [6, 6.07) is 6.87. The first-order chi connectivity index (χ1) is 10.9. The minimum absolute atomic E-state index is 0.0114. The Morgan fingerprint density at radius 2 is 2.04 bits per heavy atom. The van der Waals surface area contributed by atoms with Gasteiger partial charge in [0.25, 0.3) is 0 Å². The zero-order chi connectivity index (χ0) is 16.9. The van der Waals surface area contributed by atoms with Crippen molar-refractivity contribution in [3.63, 3.8) is 0 Å². The Bertz CT molecular complexity index is 663. The molecule has 1 heterocycles. The topological polar surface area (TPSA) is 56.3 Å². The Labute approximate surface area is 131 Å². The van der Waals surface area contributed by atoms with Crippen molar-refractivity contribution in [1.82, 2.24) is 9.97 Å². The molecule has 0 radical (unpaired) electrons. The lowest BCUT2D eigenvalue weighted by Gasteiger charge is -2.14. The van der Waals surface area contributed by atoms with Crippen LogP contribution >= 0.6 is 0 Å². The fraction of sp³-hybridized carbons (Fsp3) is 0.333. The monoisotopic (exact) mass is 327 g/mol. The molecule has 0 saturated heterocycles. The minimum Gasteiger partial charge on any atom is -0.497 e. The number of methoxy groups -OCH3 is 1. The molecular formula is C15H16F3N3O2. The van der Waals surface area contributed by atoms with E-state index in [1.807, 2.05) is 0 Å². The molecular weight excluding hydrogens is 311 g/mol. The van der Waals surface area contributed by atoms with Crippen LogP contribution in [0.15, 0.2) is 30.5 Å². The van der Waals surface area contributed by atoms with Crippen molar-refractivity contribution in [2.75, 3.05) is 19.0 Å². The highest BCUT2D eigenvalue weighted by molar-refractivity contribution is 5.56. The van der Waals surface area contributed by atoms with E-state index in [4.69, 9.17) is 9.47 Å². The van der Waals surface area contributed by atoms with Gasteiger partial charge in [-0.25, -0.2) is 4.98 Å². The average Bonchev–Trinajstić information content (AvgIpc) is 2.52. The molecule has 124 valence electrons. The molecule has 1 aromatic carbocycles. The summed E-state index contributed by atoms with van der Waals surface area (Å²) in [5.41, 5.74) is -0.410. The van der Waals surface area contributed by atoms with Gasteiger partial charge in [0.2, 0.25) is 11.8 Å². The van der Waals surface area contributed by atoms with Crippen LogP contribution in [-0.2, 0) is 6.18 Å². The normalized spacial score (nSPS) is 11.2. The van der Waals surface area contributed by atoms with E-state index in [2.05, 4.69) is 15.3 Å². The summed E-state index contributed by atoms with van der Waals surface area (Å²) in [5.74, 6) is 0.126. The summed E-state index contributed by atoms with van der Waals surface area (Å²) >= 11 is 0. The highest BCUT2D eigenvalue weighted by Crippen LogP contribution is 2.35. The van der Waals surface area contributed by atoms with E-state index in [-0.39, 0.29) is 12.6 Å². The van der Waals surface area contributed by atoms with Gasteiger partial charge in [0.05, 0.1) is 13.7 Å². The Kier molecular flexibility index (Phi) is 5.25. The maximum atomic E-state index is 12.9. The molecule has 8 heteroatoms. The first-order valence-electron chi connectivity index (χ1n) is 6.92. The number of rotatable bonds is 6. The SMILES string of the molecule is CCCOc1nc(Nc2cccc(OC)c2)ncc1C(F)(F)F. The van der Waals surface area contributed by atoms with E-state index in [1.165, 1.54) is 7.11 Å². The number of hydrogen-bond acceptors (Lipinski definition) is 5. The molecule has 0 bridgehead atoms. The molecule has 0 amide bonds. The van der Waals surface area contributed by atoms with Crippen LogP contribution in [0, 0.1) is 0 Å². The second kappa shape index (κ2) is 7.17. The number of aromatic nitrogens is 2. The van der Waals surface area contributed by atoms with Crippen molar-refractivity contribution in [3.05, 3.63) is 36.0 Å². The van der Waals surface area contributed by atoms with Crippen molar-refractivity contribution in [2.24, 2.45) is 0 Å². The zero-order valence-electron chi connectivity index (χ0n) is 12.6. The van der Waals surface area contributed by atoms with Gasteiger partial charge < -0.3 is 14.8 Å². The van der Waals surface area contributed by atoms with Gasteiger partial charge in [0.1, 0.15) is 11.3 Å². The van der Waals surface area contributed by atoms with Gasteiger partial charge in [0.15, 0.2) is 0 Å². The molecule has 0 atom stereocenters. The molecule has 0 unspecified atom stereocenters. The molecule has 0 aliphatic rings. The molecule has 2 aromatic rings. The predicted octanol–water partition coefficient (Wildman–Crippen LogP) is 4.04. The van der Waals surface area contributed by atoms with Gasteiger partial charge in [-0.1, -0.05) is 13.0 Å². The lowest BCUT2D eigenvalue weighted by Crippen LogP contribution is -2.12. The smallest absolute Gasteiger partial charge is 0.423 e. The number of halogens is 3. The lowest BCUT2D eigenvalue weighted by atomic mass is 10.3. The average molecular weight is 327 g/mol. The zero-order valence-corrected chi connectivity index (χ0v) is 12.6. The Morgan fingerprint density at radius 1 is 1.26 bits per heavy atom. The van der Waals surface area contributed by atoms with Gasteiger partial charge in [0, 0.05) is 18.0 Å². The molecule has 0 spiro atoms. The summed E-state index contributed by atoms with van der Waals surface area (Å²) in [7, 11) is 1.52. The summed E-state index contributed by atoms with van der Waals surface area (Å²) in [6.45, 7) is 1.93. The highest BCUT2D eigenvalue weighted by atomic mass is 19.4. The number of nitrogens with zero attached hydrogens (tertiary/aromatic N) is 2. The maximum Gasteiger partial charge on any atom is 0.423 e. The number of hydrogen-bond donors (Lipinski definition) is 1. The number of anilines is 2. The second-order valence-electron chi connectivity index (χ2n) is 4.62. The quantitative estimate of drug-likeness (QED) is 0.868. The van der Waals surface area contributed by atoms with E-state index in [0.29, 0.717) is 24.1 Å². The number of benzene rings is 1. The molecule has 0 fully saturated rings. The van der Waals surface area contributed by atoms with Gasteiger partial charge in [-0.15, -0.1) is 0 Å². The van der Waals surface area contributed by atoms with E-state index in [1.54, 1.807) is 31.2 Å². The maximum absolute atomic E-state index is 12.9. The van der Waals surface area contributed by atoms with E-state index >= 15 is 0 Å². The molecule has 1 aromatic heterocycles. The van der Waals surface area contributed by atoms with Crippen molar-refractivity contribution in [3.8, 4) is 11.6 Å². The first-order valence-corrected chi connectivity index (χ1v) is 6.92. The largest absolute Gasteiger partial charge is 0.497 e. The molecule has 0 saturated carbocycles. The van der Waals surface area contributed by atoms with Crippen LogP contribution in [0.25, 0.3) is 0 Å². The van der Waals surface area contributed by atoms with Crippen LogP contribution in [0.2, 0.25) is 0 Å². The van der Waals surface area contributed by atoms with Crippen molar-refractivity contribution >= 4 is 11.6 Å². The molecule has 0 aliphatic heterocycles. The Balaban J connectivity index is 2.28. The molecule has 5 nitrogen and oxygen atoms in total. The van der Waals surface area contributed by atoms with Crippen LogP contribution in [-0.4, -0.2) is 23.7 Å². The fourth-order valence-electron chi connectivity index (χ4n) is 1.76. The van der Waals surface area contributed by atoms with E-state index in [0.717, 1.165) is 0 Å². The molecule has 1 N–H and O–H groups in total. The third-order valence-corrected chi connectivity index (χ3v) is 2.83. The lowest BCUT2D eigenvalue weighted by molar-refractivity contribution is -0.139. The third kappa shape index (κ3) is 4.48. The van der Waals surface area contributed by atoms with Gasteiger partial charge in [-0.3, -0.25) is 0 Å². The number of nitrogens with one attached hydrogen (secondary N) is 1. The van der Waals surface area contributed by atoms with Crippen molar-refractivity contribution in [1.29, 1.82) is 0 Å². The Morgan fingerprint density at radius 3 is 2.70 bits per heavy atom. The van der Waals surface area contributed by atoms with E-state index < -0.39 is 17.6 Å². The summed E-state index contributed by atoms with van der Waals surface area (Å²) in [5, 5.41) is 2.82. The molecule has 23 heavy (non-hydrogen) atoms. The number of alkyl halides is 3. The van der Waals surface area contributed by atoms with Crippen LogP contribution in [0.5, 0.6) is 11.6 Å². The summed E-state index contributed by atoms with van der Waals surface area (Å²) in [4.78, 5) is 7.52. The summed E-state index contributed by atoms with van der Waals surface area (Å²) in [6.07, 6.45) is -3.29. The fourth-order valence-corrected chi connectivity index (χ4v) is 1.76. The van der Waals surface area contributed by atoms with Crippen LogP contribution in [0.3, 0.4) is 0 Å². The van der Waals surface area contributed by atoms with Gasteiger partial charge >= 0.3 is 6.18 Å².